The molecule has 160 valence electrons. The summed E-state index contributed by atoms with van der Waals surface area (Å²) in [5.74, 6) is -2.08. The minimum Gasteiger partial charge on any atom is -0.454 e. The summed E-state index contributed by atoms with van der Waals surface area (Å²) in [5, 5.41) is 16.5. The smallest absolute Gasteiger partial charge is 0.325 e. The van der Waals surface area contributed by atoms with E-state index in [-0.39, 0.29) is 21.3 Å². The number of esters is 1. The average Bonchev–Trinajstić information content (AvgIpc) is 3.08. The fraction of sp³-hybridized carbons (Fsp3) is 0.105. The summed E-state index contributed by atoms with van der Waals surface area (Å²) >= 11 is 13.3. The largest absolute Gasteiger partial charge is 0.454 e. The molecule has 0 bridgehead atoms. The van der Waals surface area contributed by atoms with E-state index in [9.17, 15) is 24.5 Å². The Morgan fingerprint density at radius 3 is 2.55 bits per heavy atom. The van der Waals surface area contributed by atoms with Crippen LogP contribution in [0.3, 0.4) is 0 Å². The average molecular weight is 482 g/mol. The first-order valence-electron chi connectivity index (χ1n) is 8.61. The first kappa shape index (κ1) is 22.5. The first-order valence-corrected chi connectivity index (χ1v) is 10.2. The van der Waals surface area contributed by atoms with E-state index < -0.39 is 35.9 Å². The third-order valence-electron chi connectivity index (χ3n) is 3.94. The molecule has 2 N–H and O–H groups in total. The Kier molecular flexibility index (Phi) is 7.06. The normalized spacial score (nSPS) is 10.5. The predicted molar refractivity (Wildman–Crippen MR) is 117 cm³/mol. The number of fused-ring (bicyclic) bond motifs is 1. The number of hydrogen-bond acceptors (Lipinski definition) is 7. The van der Waals surface area contributed by atoms with Gasteiger partial charge < -0.3 is 15.4 Å². The van der Waals surface area contributed by atoms with E-state index in [0.717, 1.165) is 16.2 Å². The monoisotopic (exact) mass is 481 g/mol. The summed E-state index contributed by atoms with van der Waals surface area (Å²) in [6, 6.07) is 10.7. The maximum absolute atomic E-state index is 12.3. The highest BCUT2D eigenvalue weighted by atomic mass is 35.5. The summed E-state index contributed by atoms with van der Waals surface area (Å²) < 4.78 is 5.64. The fourth-order valence-corrected chi connectivity index (χ4v) is 4.15. The zero-order chi connectivity index (χ0) is 22.5. The molecular formula is C19H13Cl2N3O6S. The second-order valence-electron chi connectivity index (χ2n) is 6.05. The van der Waals surface area contributed by atoms with Gasteiger partial charge in [0.1, 0.15) is 11.4 Å². The van der Waals surface area contributed by atoms with E-state index >= 15 is 0 Å². The molecule has 0 atom stereocenters. The number of benzene rings is 2. The maximum atomic E-state index is 12.3. The molecule has 31 heavy (non-hydrogen) atoms. The van der Waals surface area contributed by atoms with Crippen LogP contribution in [0.5, 0.6) is 0 Å². The number of nitrogens with zero attached hydrogens (tertiary/aromatic N) is 1. The van der Waals surface area contributed by atoms with Crippen molar-refractivity contribution in [2.24, 2.45) is 0 Å². The molecule has 0 aliphatic heterocycles. The highest BCUT2D eigenvalue weighted by Crippen LogP contribution is 2.34. The number of hydrogen-bond donors (Lipinski definition) is 2. The highest BCUT2D eigenvalue weighted by molar-refractivity contribution is 7.21. The van der Waals surface area contributed by atoms with E-state index in [2.05, 4.69) is 10.6 Å². The van der Waals surface area contributed by atoms with Crippen LogP contribution >= 0.6 is 34.5 Å². The number of carbonyl (C=O) groups excluding carboxylic acids is 3. The van der Waals surface area contributed by atoms with Gasteiger partial charge in [-0.15, -0.1) is 11.3 Å². The van der Waals surface area contributed by atoms with E-state index in [4.69, 9.17) is 27.9 Å². The van der Waals surface area contributed by atoms with Crippen molar-refractivity contribution in [3.8, 4) is 0 Å². The molecule has 0 saturated carbocycles. The number of carbonyl (C=O) groups is 3. The number of ether oxygens (including phenoxy) is 1. The van der Waals surface area contributed by atoms with Crippen LogP contribution in [0.15, 0.2) is 42.5 Å². The predicted octanol–water partition coefficient (Wildman–Crippen LogP) is 4.03. The molecule has 0 aliphatic rings. The second-order valence-corrected chi connectivity index (χ2v) is 7.89. The lowest BCUT2D eigenvalue weighted by Gasteiger charge is -2.08. The Morgan fingerprint density at radius 1 is 1.13 bits per heavy atom. The van der Waals surface area contributed by atoms with Crippen LogP contribution in [0, 0.1) is 10.1 Å². The lowest BCUT2D eigenvalue weighted by Crippen LogP contribution is -2.32. The zero-order valence-electron chi connectivity index (χ0n) is 15.5. The summed E-state index contributed by atoms with van der Waals surface area (Å²) in [5.41, 5.74) is -0.107. The molecule has 1 aromatic heterocycles. The molecular weight excluding hydrogens is 469 g/mol. The minimum absolute atomic E-state index is 0.0404. The molecule has 0 saturated heterocycles. The van der Waals surface area contributed by atoms with Gasteiger partial charge >= 0.3 is 5.97 Å². The van der Waals surface area contributed by atoms with Crippen molar-refractivity contribution in [3.63, 3.8) is 0 Å². The molecule has 1 heterocycles. The third kappa shape index (κ3) is 5.48. The fourth-order valence-electron chi connectivity index (χ4n) is 2.50. The van der Waals surface area contributed by atoms with Crippen molar-refractivity contribution in [1.82, 2.24) is 5.32 Å². The van der Waals surface area contributed by atoms with E-state index in [1.165, 1.54) is 23.5 Å². The molecule has 0 spiro atoms. The van der Waals surface area contributed by atoms with Crippen molar-refractivity contribution in [3.05, 3.63) is 67.5 Å². The molecule has 3 aromatic rings. The second kappa shape index (κ2) is 9.73. The number of non-ortho nitro benzene ring substituents is 1. The molecule has 2 aromatic carbocycles. The van der Waals surface area contributed by atoms with Crippen LogP contribution in [0.1, 0.15) is 9.67 Å². The molecule has 9 nitrogen and oxygen atoms in total. The van der Waals surface area contributed by atoms with Crippen LogP contribution in [-0.4, -0.2) is 35.9 Å². The molecule has 0 unspecified atom stereocenters. The van der Waals surface area contributed by atoms with Gasteiger partial charge in [-0.1, -0.05) is 41.4 Å². The Morgan fingerprint density at radius 2 is 1.87 bits per heavy atom. The van der Waals surface area contributed by atoms with Crippen LogP contribution in [0.4, 0.5) is 11.4 Å². The number of amides is 2. The lowest BCUT2D eigenvalue weighted by atomic mass is 10.2. The number of rotatable bonds is 7. The van der Waals surface area contributed by atoms with Crippen molar-refractivity contribution in [2.75, 3.05) is 18.5 Å². The topological polar surface area (TPSA) is 128 Å². The lowest BCUT2D eigenvalue weighted by molar-refractivity contribution is -0.384. The molecule has 2 amide bonds. The molecule has 12 heteroatoms. The van der Waals surface area contributed by atoms with Gasteiger partial charge in [-0.3, -0.25) is 24.5 Å². The third-order valence-corrected chi connectivity index (χ3v) is 5.92. The van der Waals surface area contributed by atoms with Gasteiger partial charge in [0.05, 0.1) is 20.7 Å². The van der Waals surface area contributed by atoms with E-state index in [0.29, 0.717) is 5.02 Å². The molecule has 3 rings (SSSR count). The molecule has 0 fully saturated rings. The van der Waals surface area contributed by atoms with Gasteiger partial charge in [0.25, 0.3) is 17.5 Å². The Hall–Kier alpha value is -3.21. The number of nitro groups is 1. The first-order chi connectivity index (χ1) is 14.8. The van der Waals surface area contributed by atoms with Crippen LogP contribution in [0.2, 0.25) is 10.0 Å². The van der Waals surface area contributed by atoms with Crippen LogP contribution in [-0.2, 0) is 14.3 Å². The van der Waals surface area contributed by atoms with E-state index in [1.807, 2.05) is 12.1 Å². The Labute approximate surface area is 189 Å². The number of halogens is 2. The van der Waals surface area contributed by atoms with Crippen molar-refractivity contribution in [2.45, 2.75) is 0 Å². The summed E-state index contributed by atoms with van der Waals surface area (Å²) in [6.45, 7) is -1.10. The van der Waals surface area contributed by atoms with Crippen molar-refractivity contribution in [1.29, 1.82) is 0 Å². The van der Waals surface area contributed by atoms with Crippen molar-refractivity contribution >= 4 is 73.8 Å². The Bertz CT molecular complexity index is 1200. The van der Waals surface area contributed by atoms with Gasteiger partial charge in [0.2, 0.25) is 0 Å². The quantitative estimate of drug-likeness (QED) is 0.297. The Balaban J connectivity index is 1.48. The standard InChI is InChI=1S/C19H13Cl2N3O6S/c20-12-7-10(24(28)29)5-6-13(12)23-15(25)9-30-16(26)8-22-19(27)18-17(21)11-3-1-2-4-14(11)31-18/h1-7H,8-9H2,(H,22,27)(H,23,25). The number of anilines is 1. The molecule has 0 aliphatic carbocycles. The summed E-state index contributed by atoms with van der Waals surface area (Å²) in [4.78, 5) is 46.4. The van der Waals surface area contributed by atoms with Crippen molar-refractivity contribution < 1.29 is 24.0 Å². The van der Waals surface area contributed by atoms with Gasteiger partial charge in [-0.05, 0) is 12.1 Å². The van der Waals surface area contributed by atoms with Gasteiger partial charge in [0, 0.05) is 22.2 Å². The van der Waals surface area contributed by atoms with Gasteiger partial charge in [0.15, 0.2) is 6.61 Å². The van der Waals surface area contributed by atoms with Gasteiger partial charge in [-0.2, -0.15) is 0 Å². The zero-order valence-corrected chi connectivity index (χ0v) is 17.8. The van der Waals surface area contributed by atoms with E-state index in [1.54, 1.807) is 12.1 Å². The summed E-state index contributed by atoms with van der Waals surface area (Å²) in [7, 11) is 0. The maximum Gasteiger partial charge on any atom is 0.325 e. The SMILES string of the molecule is O=C(COC(=O)CNC(=O)c1sc2ccccc2c1Cl)Nc1ccc([N+](=O)[O-])cc1Cl. The number of nitrogens with one attached hydrogen (secondary N) is 2. The van der Waals surface area contributed by atoms with Crippen LogP contribution < -0.4 is 10.6 Å². The number of thiophene rings is 1. The van der Waals surface area contributed by atoms with Gasteiger partial charge in [-0.25, -0.2) is 0 Å². The highest BCUT2D eigenvalue weighted by Gasteiger charge is 2.18. The minimum atomic E-state index is -0.837. The molecule has 0 radical (unpaired) electrons. The summed E-state index contributed by atoms with van der Waals surface area (Å²) in [6.07, 6.45) is 0. The van der Waals surface area contributed by atoms with Crippen LogP contribution in [0.25, 0.3) is 10.1 Å². The number of nitro benzene ring substituents is 1.